The Bertz CT molecular complexity index is 638. The van der Waals surface area contributed by atoms with Crippen molar-refractivity contribution < 1.29 is 9.18 Å². The second-order valence-electron chi connectivity index (χ2n) is 5.01. The van der Waals surface area contributed by atoms with Crippen LogP contribution in [0, 0.1) is 5.82 Å². The highest BCUT2D eigenvalue weighted by molar-refractivity contribution is 6.31. The summed E-state index contributed by atoms with van der Waals surface area (Å²) in [5.41, 5.74) is 0.198. The van der Waals surface area contributed by atoms with Gasteiger partial charge >= 0.3 is 0 Å². The van der Waals surface area contributed by atoms with Crippen LogP contribution < -0.4 is 5.32 Å². The molecule has 1 aromatic heterocycles. The Morgan fingerprint density at radius 1 is 1.50 bits per heavy atom. The molecule has 2 aromatic rings. The number of halogens is 2. The van der Waals surface area contributed by atoms with Crippen molar-refractivity contribution >= 4 is 17.5 Å². The number of carbonyl (C=O) groups excluding carboxylic acids is 1. The average Bonchev–Trinajstić information content (AvgIpc) is 2.92. The van der Waals surface area contributed by atoms with Crippen molar-refractivity contribution in [3.8, 4) is 0 Å². The molecule has 0 fully saturated rings. The molecule has 2 rings (SSSR count). The van der Waals surface area contributed by atoms with Crippen molar-refractivity contribution in [2.45, 2.75) is 39.3 Å². The fourth-order valence-electron chi connectivity index (χ4n) is 2.21. The predicted octanol–water partition coefficient (Wildman–Crippen LogP) is 2.90. The molecule has 7 heteroatoms. The van der Waals surface area contributed by atoms with Gasteiger partial charge in [-0.3, -0.25) is 4.79 Å². The normalized spacial score (nSPS) is 12.2. The number of amides is 1. The Hall–Kier alpha value is -1.95. The fraction of sp³-hybridized carbons (Fsp3) is 0.400. The van der Waals surface area contributed by atoms with E-state index in [-0.39, 0.29) is 29.0 Å². The summed E-state index contributed by atoms with van der Waals surface area (Å²) < 4.78 is 15.4. The molecule has 5 nitrogen and oxygen atoms in total. The van der Waals surface area contributed by atoms with Crippen molar-refractivity contribution in [2.24, 2.45) is 0 Å². The lowest BCUT2D eigenvalue weighted by Gasteiger charge is -2.15. The molecule has 0 aliphatic rings. The minimum absolute atomic E-state index is 0.113. The van der Waals surface area contributed by atoms with Crippen molar-refractivity contribution in [3.05, 3.63) is 46.8 Å². The highest BCUT2D eigenvalue weighted by Crippen LogP contribution is 2.20. The van der Waals surface area contributed by atoms with Crippen molar-refractivity contribution in [3.63, 3.8) is 0 Å². The number of benzene rings is 1. The van der Waals surface area contributed by atoms with Crippen LogP contribution in [0.25, 0.3) is 0 Å². The summed E-state index contributed by atoms with van der Waals surface area (Å²) >= 11 is 5.93. The van der Waals surface area contributed by atoms with Gasteiger partial charge in [0.15, 0.2) is 0 Å². The van der Waals surface area contributed by atoms with Gasteiger partial charge in [0.1, 0.15) is 18.0 Å². The number of aromatic nitrogens is 3. The first-order valence-electron chi connectivity index (χ1n) is 7.12. The van der Waals surface area contributed by atoms with Crippen LogP contribution in [0.1, 0.15) is 37.7 Å². The summed E-state index contributed by atoms with van der Waals surface area (Å²) in [6, 6.07) is 4.05. The molecule has 0 aliphatic carbocycles. The number of hydrogen-bond donors (Lipinski definition) is 1. The molecule has 0 bridgehead atoms. The number of carbonyl (C=O) groups is 1. The predicted molar refractivity (Wildman–Crippen MR) is 82.0 cm³/mol. The molecule has 0 aliphatic heterocycles. The van der Waals surface area contributed by atoms with E-state index in [1.807, 2.05) is 13.8 Å². The maximum Gasteiger partial charge on any atom is 0.225 e. The second-order valence-corrected chi connectivity index (χ2v) is 5.41. The molecule has 1 heterocycles. The van der Waals surface area contributed by atoms with Gasteiger partial charge in [0.2, 0.25) is 5.91 Å². The molecule has 1 N–H and O–H groups in total. The third-order valence-electron chi connectivity index (χ3n) is 3.24. The molecule has 0 saturated carbocycles. The maximum atomic E-state index is 13.7. The monoisotopic (exact) mass is 324 g/mol. The highest BCUT2D eigenvalue weighted by Gasteiger charge is 2.17. The van der Waals surface area contributed by atoms with Gasteiger partial charge in [-0.05, 0) is 25.5 Å². The van der Waals surface area contributed by atoms with Gasteiger partial charge in [-0.15, -0.1) is 0 Å². The lowest BCUT2D eigenvalue weighted by atomic mass is 10.1. The lowest BCUT2D eigenvalue weighted by Crippen LogP contribution is -2.30. The maximum absolute atomic E-state index is 13.7. The van der Waals surface area contributed by atoms with Gasteiger partial charge in [0.25, 0.3) is 0 Å². The standard InChI is InChI=1S/C15H18ClFN4O/c1-3-7-21-15(18-9-19-21)10(2)20-14(22)8-11-12(16)5-4-6-13(11)17/h4-6,9-10H,3,7-8H2,1-2H3,(H,20,22). The molecule has 0 spiro atoms. The largest absolute Gasteiger partial charge is 0.346 e. The molecule has 1 unspecified atom stereocenters. The van der Waals surface area contributed by atoms with E-state index in [0.29, 0.717) is 5.82 Å². The molecule has 118 valence electrons. The van der Waals surface area contributed by atoms with E-state index < -0.39 is 5.82 Å². The van der Waals surface area contributed by atoms with Crippen molar-refractivity contribution in [2.75, 3.05) is 0 Å². The van der Waals surface area contributed by atoms with Gasteiger partial charge in [0.05, 0.1) is 12.5 Å². The van der Waals surface area contributed by atoms with E-state index in [1.165, 1.54) is 18.5 Å². The van der Waals surface area contributed by atoms with Crippen LogP contribution in [0.3, 0.4) is 0 Å². The zero-order chi connectivity index (χ0) is 16.1. The van der Waals surface area contributed by atoms with Gasteiger partial charge in [-0.25, -0.2) is 14.1 Å². The quantitative estimate of drug-likeness (QED) is 0.888. The number of aryl methyl sites for hydroxylation is 1. The molecular weight excluding hydrogens is 307 g/mol. The summed E-state index contributed by atoms with van der Waals surface area (Å²) in [7, 11) is 0. The number of nitrogens with one attached hydrogen (secondary N) is 1. The van der Waals surface area contributed by atoms with E-state index in [2.05, 4.69) is 15.4 Å². The van der Waals surface area contributed by atoms with Crippen molar-refractivity contribution in [1.29, 1.82) is 0 Å². The number of hydrogen-bond acceptors (Lipinski definition) is 3. The fourth-order valence-corrected chi connectivity index (χ4v) is 2.44. The van der Waals surface area contributed by atoms with Crippen LogP contribution in [0.5, 0.6) is 0 Å². The topological polar surface area (TPSA) is 59.8 Å². The van der Waals surface area contributed by atoms with E-state index >= 15 is 0 Å². The van der Waals surface area contributed by atoms with E-state index in [4.69, 9.17) is 11.6 Å². The first-order chi connectivity index (χ1) is 10.5. The minimum Gasteiger partial charge on any atom is -0.346 e. The summed E-state index contributed by atoms with van der Waals surface area (Å²) in [4.78, 5) is 16.3. The van der Waals surface area contributed by atoms with Gasteiger partial charge < -0.3 is 5.32 Å². The van der Waals surface area contributed by atoms with E-state index in [1.54, 1.807) is 10.7 Å². The third-order valence-corrected chi connectivity index (χ3v) is 3.60. The van der Waals surface area contributed by atoms with Gasteiger partial charge in [-0.2, -0.15) is 5.10 Å². The van der Waals surface area contributed by atoms with Crippen LogP contribution in [-0.2, 0) is 17.8 Å². The number of rotatable bonds is 6. The Labute approximate surface area is 133 Å². The molecule has 1 aromatic carbocycles. The Balaban J connectivity index is 2.04. The van der Waals surface area contributed by atoms with Crippen LogP contribution in [-0.4, -0.2) is 20.7 Å². The third kappa shape index (κ3) is 3.82. The van der Waals surface area contributed by atoms with Gasteiger partial charge in [0, 0.05) is 17.1 Å². The number of nitrogens with zero attached hydrogens (tertiary/aromatic N) is 3. The summed E-state index contributed by atoms with van der Waals surface area (Å²) in [5.74, 6) is -0.121. The lowest BCUT2D eigenvalue weighted by molar-refractivity contribution is -0.121. The Kier molecular flexibility index (Phi) is 5.49. The first kappa shape index (κ1) is 16.4. The van der Waals surface area contributed by atoms with Crippen LogP contribution in [0.15, 0.2) is 24.5 Å². The second kappa shape index (κ2) is 7.35. The molecular formula is C15H18ClFN4O. The zero-order valence-corrected chi connectivity index (χ0v) is 13.3. The summed E-state index contributed by atoms with van der Waals surface area (Å²) in [6.07, 6.45) is 2.26. The molecule has 22 heavy (non-hydrogen) atoms. The smallest absolute Gasteiger partial charge is 0.225 e. The Morgan fingerprint density at radius 3 is 2.95 bits per heavy atom. The SMILES string of the molecule is CCCn1ncnc1C(C)NC(=O)Cc1c(F)cccc1Cl. The molecule has 0 saturated heterocycles. The molecule has 0 radical (unpaired) electrons. The Morgan fingerprint density at radius 2 is 2.27 bits per heavy atom. The van der Waals surface area contributed by atoms with E-state index in [9.17, 15) is 9.18 Å². The van der Waals surface area contributed by atoms with Crippen LogP contribution >= 0.6 is 11.6 Å². The summed E-state index contributed by atoms with van der Waals surface area (Å²) in [6.45, 7) is 4.58. The zero-order valence-electron chi connectivity index (χ0n) is 12.5. The molecule has 1 atom stereocenters. The molecule has 1 amide bonds. The van der Waals surface area contributed by atoms with Crippen LogP contribution in [0.4, 0.5) is 4.39 Å². The summed E-state index contributed by atoms with van der Waals surface area (Å²) in [5, 5.41) is 7.16. The van der Waals surface area contributed by atoms with E-state index in [0.717, 1.165) is 13.0 Å². The van der Waals surface area contributed by atoms with Crippen LogP contribution in [0.2, 0.25) is 5.02 Å². The highest BCUT2D eigenvalue weighted by atomic mass is 35.5. The first-order valence-corrected chi connectivity index (χ1v) is 7.50. The van der Waals surface area contributed by atoms with Crippen molar-refractivity contribution in [1.82, 2.24) is 20.1 Å². The average molecular weight is 325 g/mol. The minimum atomic E-state index is -0.482. The van der Waals surface area contributed by atoms with Gasteiger partial charge in [-0.1, -0.05) is 24.6 Å².